The van der Waals surface area contributed by atoms with Crippen molar-refractivity contribution in [3.05, 3.63) is 64.5 Å². The van der Waals surface area contributed by atoms with Crippen LogP contribution in [0.15, 0.2) is 57.4 Å². The van der Waals surface area contributed by atoms with Gasteiger partial charge in [-0.1, -0.05) is 34.1 Å². The standard InChI is InChI=1S/C20H21BrN4O2/c1-13-11-16(21)9-10-17(13)22-18(26)12-25(3)14(2)19-23-24-20(27-19)15-7-5-4-6-8-15/h4-11,14H,12H2,1-3H3,(H,22,26). The topological polar surface area (TPSA) is 71.3 Å². The van der Waals surface area contributed by atoms with Crippen molar-refractivity contribution < 1.29 is 9.21 Å². The Labute approximate surface area is 166 Å². The molecule has 3 rings (SSSR count). The van der Waals surface area contributed by atoms with E-state index in [1.807, 2.05) is 74.3 Å². The van der Waals surface area contributed by atoms with Crippen molar-refractivity contribution in [3.8, 4) is 11.5 Å². The quantitative estimate of drug-likeness (QED) is 0.628. The molecule has 0 radical (unpaired) electrons. The molecule has 1 unspecified atom stereocenters. The molecule has 7 heteroatoms. The molecule has 27 heavy (non-hydrogen) atoms. The molecule has 1 heterocycles. The number of hydrogen-bond donors (Lipinski definition) is 1. The zero-order valence-electron chi connectivity index (χ0n) is 15.4. The minimum Gasteiger partial charge on any atom is -0.419 e. The number of amides is 1. The van der Waals surface area contributed by atoms with Crippen LogP contribution in [-0.4, -0.2) is 34.6 Å². The molecule has 0 saturated carbocycles. The lowest BCUT2D eigenvalue weighted by molar-refractivity contribution is -0.117. The first-order valence-corrected chi connectivity index (χ1v) is 9.38. The molecule has 1 amide bonds. The predicted molar refractivity (Wildman–Crippen MR) is 108 cm³/mol. The van der Waals surface area contributed by atoms with Crippen LogP contribution in [0.2, 0.25) is 0 Å². The number of nitrogens with zero attached hydrogens (tertiary/aromatic N) is 3. The summed E-state index contributed by atoms with van der Waals surface area (Å²) in [5.41, 5.74) is 2.67. The summed E-state index contributed by atoms with van der Waals surface area (Å²) in [4.78, 5) is 14.3. The number of carbonyl (C=O) groups is 1. The molecule has 140 valence electrons. The number of anilines is 1. The van der Waals surface area contributed by atoms with Crippen molar-refractivity contribution in [2.24, 2.45) is 0 Å². The van der Waals surface area contributed by atoms with E-state index < -0.39 is 0 Å². The van der Waals surface area contributed by atoms with Gasteiger partial charge >= 0.3 is 0 Å². The Morgan fingerprint density at radius 2 is 1.96 bits per heavy atom. The Morgan fingerprint density at radius 1 is 1.22 bits per heavy atom. The number of halogens is 1. The molecule has 1 aromatic heterocycles. The summed E-state index contributed by atoms with van der Waals surface area (Å²) in [7, 11) is 1.85. The molecule has 6 nitrogen and oxygen atoms in total. The zero-order valence-corrected chi connectivity index (χ0v) is 17.0. The van der Waals surface area contributed by atoms with E-state index in [0.717, 1.165) is 21.3 Å². The van der Waals surface area contributed by atoms with E-state index in [1.165, 1.54) is 0 Å². The van der Waals surface area contributed by atoms with Gasteiger partial charge in [0.25, 0.3) is 0 Å². The monoisotopic (exact) mass is 428 g/mol. The van der Waals surface area contributed by atoms with Gasteiger partial charge in [-0.2, -0.15) is 0 Å². The molecule has 0 aliphatic rings. The van der Waals surface area contributed by atoms with Gasteiger partial charge < -0.3 is 9.73 Å². The van der Waals surface area contributed by atoms with E-state index in [9.17, 15) is 4.79 Å². The molecule has 0 fully saturated rings. The maximum absolute atomic E-state index is 12.4. The fourth-order valence-corrected chi connectivity index (χ4v) is 3.09. The van der Waals surface area contributed by atoms with Crippen LogP contribution < -0.4 is 5.32 Å². The van der Waals surface area contributed by atoms with Crippen LogP contribution in [0.4, 0.5) is 5.69 Å². The summed E-state index contributed by atoms with van der Waals surface area (Å²) >= 11 is 3.42. The highest BCUT2D eigenvalue weighted by Gasteiger charge is 2.21. The molecule has 1 atom stereocenters. The molecule has 0 spiro atoms. The van der Waals surface area contributed by atoms with E-state index in [-0.39, 0.29) is 18.5 Å². The molecule has 2 aromatic carbocycles. The second-order valence-electron chi connectivity index (χ2n) is 6.41. The van der Waals surface area contributed by atoms with Gasteiger partial charge in [-0.25, -0.2) is 0 Å². The highest BCUT2D eigenvalue weighted by molar-refractivity contribution is 9.10. The van der Waals surface area contributed by atoms with E-state index in [2.05, 4.69) is 31.4 Å². The number of rotatable bonds is 6. The van der Waals surface area contributed by atoms with Crippen LogP contribution >= 0.6 is 15.9 Å². The lowest BCUT2D eigenvalue weighted by atomic mass is 10.2. The molecular weight excluding hydrogens is 408 g/mol. The third-order valence-corrected chi connectivity index (χ3v) is 4.83. The van der Waals surface area contributed by atoms with Gasteiger partial charge in [-0.3, -0.25) is 9.69 Å². The first-order valence-electron chi connectivity index (χ1n) is 8.59. The van der Waals surface area contributed by atoms with Gasteiger partial charge in [-0.05, 0) is 56.8 Å². The Morgan fingerprint density at radius 3 is 2.67 bits per heavy atom. The van der Waals surface area contributed by atoms with Gasteiger partial charge in [-0.15, -0.1) is 10.2 Å². The average Bonchev–Trinajstić information content (AvgIpc) is 3.14. The summed E-state index contributed by atoms with van der Waals surface area (Å²) < 4.78 is 6.76. The van der Waals surface area contributed by atoms with E-state index in [4.69, 9.17) is 4.42 Å². The number of likely N-dealkylation sites (N-methyl/N-ethyl adjacent to an activating group) is 1. The smallest absolute Gasteiger partial charge is 0.247 e. The van der Waals surface area contributed by atoms with E-state index in [1.54, 1.807) is 0 Å². The van der Waals surface area contributed by atoms with Crippen molar-refractivity contribution >= 4 is 27.5 Å². The second kappa shape index (κ2) is 8.45. The zero-order chi connectivity index (χ0) is 19.4. The summed E-state index contributed by atoms with van der Waals surface area (Å²) in [6, 6.07) is 15.2. The highest BCUT2D eigenvalue weighted by atomic mass is 79.9. The predicted octanol–water partition coefficient (Wildman–Crippen LogP) is 4.44. The minimum atomic E-state index is -0.188. The SMILES string of the molecule is Cc1cc(Br)ccc1NC(=O)CN(C)C(C)c1nnc(-c2ccccc2)o1. The number of carbonyl (C=O) groups excluding carboxylic acids is 1. The van der Waals surface area contributed by atoms with Crippen molar-refractivity contribution in [2.75, 3.05) is 18.9 Å². The van der Waals surface area contributed by atoms with Crippen molar-refractivity contribution in [3.63, 3.8) is 0 Å². The Balaban J connectivity index is 1.62. The summed E-state index contributed by atoms with van der Waals surface area (Å²) in [6.45, 7) is 4.09. The minimum absolute atomic E-state index is 0.0995. The van der Waals surface area contributed by atoms with Crippen LogP contribution in [0.25, 0.3) is 11.5 Å². The molecule has 0 aliphatic heterocycles. The fraction of sp³-hybridized carbons (Fsp3) is 0.250. The molecule has 1 N–H and O–H groups in total. The maximum Gasteiger partial charge on any atom is 0.247 e. The van der Waals surface area contributed by atoms with Crippen LogP contribution in [0.1, 0.15) is 24.4 Å². The lowest BCUT2D eigenvalue weighted by Gasteiger charge is -2.21. The third kappa shape index (κ3) is 4.81. The van der Waals surface area contributed by atoms with Crippen LogP contribution in [0.3, 0.4) is 0 Å². The number of hydrogen-bond acceptors (Lipinski definition) is 5. The normalized spacial score (nSPS) is 12.2. The average molecular weight is 429 g/mol. The van der Waals surface area contributed by atoms with E-state index in [0.29, 0.717) is 11.8 Å². The van der Waals surface area contributed by atoms with Crippen LogP contribution in [-0.2, 0) is 4.79 Å². The summed E-state index contributed by atoms with van der Waals surface area (Å²) in [5, 5.41) is 11.2. The van der Waals surface area contributed by atoms with Crippen molar-refractivity contribution in [1.82, 2.24) is 15.1 Å². The Kier molecular flexibility index (Phi) is 6.03. The van der Waals surface area contributed by atoms with E-state index >= 15 is 0 Å². The summed E-state index contributed by atoms with van der Waals surface area (Å²) in [6.07, 6.45) is 0. The Hall–Kier alpha value is -2.51. The molecule has 0 aliphatic carbocycles. The number of nitrogens with one attached hydrogen (secondary N) is 1. The van der Waals surface area contributed by atoms with Crippen LogP contribution in [0.5, 0.6) is 0 Å². The molecule has 0 saturated heterocycles. The lowest BCUT2D eigenvalue weighted by Crippen LogP contribution is -2.32. The number of benzene rings is 2. The maximum atomic E-state index is 12.4. The summed E-state index contributed by atoms with van der Waals surface area (Å²) in [5.74, 6) is 0.849. The molecular formula is C20H21BrN4O2. The van der Waals surface area contributed by atoms with Gasteiger partial charge in [0.2, 0.25) is 17.7 Å². The first-order chi connectivity index (χ1) is 12.9. The first kappa shape index (κ1) is 19.3. The Bertz CT molecular complexity index is 927. The second-order valence-corrected chi connectivity index (χ2v) is 7.33. The van der Waals surface area contributed by atoms with Gasteiger partial charge in [0.15, 0.2) is 0 Å². The molecule has 3 aromatic rings. The van der Waals surface area contributed by atoms with Crippen LogP contribution in [0, 0.1) is 6.92 Å². The largest absolute Gasteiger partial charge is 0.419 e. The fourth-order valence-electron chi connectivity index (χ4n) is 2.61. The van der Waals surface area contributed by atoms with Gasteiger partial charge in [0.05, 0.1) is 12.6 Å². The van der Waals surface area contributed by atoms with Gasteiger partial charge in [0.1, 0.15) is 0 Å². The van der Waals surface area contributed by atoms with Crippen molar-refractivity contribution in [2.45, 2.75) is 19.9 Å². The van der Waals surface area contributed by atoms with Gasteiger partial charge in [0, 0.05) is 15.7 Å². The number of aryl methyl sites for hydroxylation is 1. The molecule has 0 bridgehead atoms. The van der Waals surface area contributed by atoms with Crippen molar-refractivity contribution in [1.29, 1.82) is 0 Å². The highest BCUT2D eigenvalue weighted by Crippen LogP contribution is 2.23. The number of aromatic nitrogens is 2. The third-order valence-electron chi connectivity index (χ3n) is 4.34.